The molecule has 0 spiro atoms. The first-order valence-corrected chi connectivity index (χ1v) is 11.0. The van der Waals surface area contributed by atoms with Gasteiger partial charge in [0.1, 0.15) is 12.4 Å². The van der Waals surface area contributed by atoms with Crippen LogP contribution >= 0.6 is 11.3 Å². The van der Waals surface area contributed by atoms with Crippen molar-refractivity contribution in [3.05, 3.63) is 41.2 Å². The number of fused-ring (bicyclic) bond motifs is 2. The van der Waals surface area contributed by atoms with Gasteiger partial charge in [-0.05, 0) is 29.5 Å². The molecule has 0 saturated carbocycles. The number of carbonyl (C=O) groups is 1. The van der Waals surface area contributed by atoms with E-state index in [1.165, 1.54) is 11.3 Å². The van der Waals surface area contributed by atoms with Crippen molar-refractivity contribution in [1.29, 1.82) is 0 Å². The van der Waals surface area contributed by atoms with E-state index < -0.39 is 0 Å². The Labute approximate surface area is 178 Å². The monoisotopic (exact) mass is 424 g/mol. The number of hydrogen-bond donors (Lipinski definition) is 1. The molecule has 1 aliphatic carbocycles. The van der Waals surface area contributed by atoms with Crippen molar-refractivity contribution < 1.29 is 14.6 Å². The predicted molar refractivity (Wildman–Crippen MR) is 116 cm³/mol. The number of hydrogen-bond acceptors (Lipinski definition) is 7. The molecule has 0 saturated heterocycles. The maximum absolute atomic E-state index is 12.6. The highest BCUT2D eigenvalue weighted by Crippen LogP contribution is 2.44. The topological polar surface area (TPSA) is 80.5 Å². The van der Waals surface area contributed by atoms with Crippen molar-refractivity contribution in [3.8, 4) is 16.9 Å². The van der Waals surface area contributed by atoms with Gasteiger partial charge in [0.25, 0.3) is 0 Å². The van der Waals surface area contributed by atoms with Crippen molar-refractivity contribution in [1.82, 2.24) is 14.8 Å². The zero-order chi connectivity index (χ0) is 20.9. The number of ketones is 1. The predicted octanol–water partition coefficient (Wildman–Crippen LogP) is 3.68. The average Bonchev–Trinajstić information content (AvgIpc) is 3.34. The number of Topliss-reactive ketones (excluding diaryl/α,β-unsaturated/α-hetero) is 1. The van der Waals surface area contributed by atoms with Gasteiger partial charge in [0.15, 0.2) is 10.9 Å². The lowest BCUT2D eigenvalue weighted by atomic mass is 9.78. The summed E-state index contributed by atoms with van der Waals surface area (Å²) in [6.07, 6.45) is 5.12. The zero-order valence-electron chi connectivity index (χ0n) is 17.1. The van der Waals surface area contributed by atoms with E-state index in [2.05, 4.69) is 29.9 Å². The fourth-order valence-corrected chi connectivity index (χ4v) is 5.22. The zero-order valence-corrected chi connectivity index (χ0v) is 17.9. The first-order chi connectivity index (χ1) is 14.4. The molecule has 0 atom stereocenters. The molecule has 0 amide bonds. The molecule has 8 heteroatoms. The molecular formula is C22H24N4O3S. The van der Waals surface area contributed by atoms with E-state index in [1.807, 2.05) is 18.3 Å². The second-order valence-electron chi connectivity index (χ2n) is 8.61. The van der Waals surface area contributed by atoms with Crippen LogP contribution in [0.1, 0.15) is 35.6 Å². The number of thiazole rings is 1. The number of rotatable bonds is 4. The molecule has 0 fully saturated rings. The summed E-state index contributed by atoms with van der Waals surface area (Å²) in [6, 6.07) is 6.07. The standard InChI is InChI=1S/C22H24N4O3S/c1-22(2)10-16-20(18(28)11-22)30-21(24-16)26-6-8-29-19-4-3-14(9-17(19)26)15-12-23-25(13-15)5-7-27/h3-4,9,12-13,27H,5-8,10-11H2,1-2H3. The Balaban J connectivity index is 1.52. The molecule has 2 aliphatic rings. The molecule has 5 rings (SSSR count). The number of aliphatic hydroxyl groups excluding tert-OH is 1. The number of nitrogens with zero attached hydrogens (tertiary/aromatic N) is 4. The number of ether oxygens (including phenoxy) is 1. The summed E-state index contributed by atoms with van der Waals surface area (Å²) < 4.78 is 7.61. The van der Waals surface area contributed by atoms with Crippen LogP contribution in [-0.2, 0) is 13.0 Å². The van der Waals surface area contributed by atoms with Crippen molar-refractivity contribution >= 4 is 27.9 Å². The molecular weight excluding hydrogens is 400 g/mol. The molecule has 30 heavy (non-hydrogen) atoms. The Kier molecular flexibility index (Phi) is 4.63. The molecule has 3 heterocycles. The van der Waals surface area contributed by atoms with Crippen LogP contribution in [0.15, 0.2) is 30.6 Å². The lowest BCUT2D eigenvalue weighted by Gasteiger charge is -2.29. The summed E-state index contributed by atoms with van der Waals surface area (Å²) in [4.78, 5) is 20.5. The Morgan fingerprint density at radius 1 is 1.27 bits per heavy atom. The largest absolute Gasteiger partial charge is 0.490 e. The lowest BCUT2D eigenvalue weighted by molar-refractivity contribution is 0.0916. The minimum Gasteiger partial charge on any atom is -0.490 e. The van der Waals surface area contributed by atoms with Crippen molar-refractivity contribution in [2.24, 2.45) is 5.41 Å². The second kappa shape index (κ2) is 7.21. The van der Waals surface area contributed by atoms with E-state index in [0.717, 1.165) is 44.7 Å². The van der Waals surface area contributed by atoms with Gasteiger partial charge < -0.3 is 14.7 Å². The molecule has 3 aromatic rings. The molecule has 1 N–H and O–H groups in total. The fourth-order valence-electron chi connectivity index (χ4n) is 4.16. The second-order valence-corrected chi connectivity index (χ2v) is 9.59. The minimum absolute atomic E-state index is 0.0414. The van der Waals surface area contributed by atoms with Crippen LogP contribution in [0.3, 0.4) is 0 Å². The van der Waals surface area contributed by atoms with Crippen LogP contribution in [-0.4, -0.2) is 45.4 Å². The SMILES string of the molecule is CC1(C)CC(=O)c2sc(N3CCOc4ccc(-c5cnn(CCO)c5)cc43)nc2C1. The van der Waals surface area contributed by atoms with Gasteiger partial charge in [0.2, 0.25) is 0 Å². The van der Waals surface area contributed by atoms with E-state index in [9.17, 15) is 4.79 Å². The first-order valence-electron chi connectivity index (χ1n) is 10.1. The highest BCUT2D eigenvalue weighted by molar-refractivity contribution is 7.17. The van der Waals surface area contributed by atoms with Gasteiger partial charge in [0.05, 0.1) is 42.2 Å². The van der Waals surface area contributed by atoms with Crippen molar-refractivity contribution in [3.63, 3.8) is 0 Å². The number of anilines is 2. The van der Waals surface area contributed by atoms with Crippen LogP contribution < -0.4 is 9.64 Å². The van der Waals surface area contributed by atoms with Gasteiger partial charge in [-0.3, -0.25) is 9.48 Å². The summed E-state index contributed by atoms with van der Waals surface area (Å²) in [7, 11) is 0. The summed E-state index contributed by atoms with van der Waals surface area (Å²) in [5.74, 6) is 1.01. The summed E-state index contributed by atoms with van der Waals surface area (Å²) >= 11 is 1.49. The van der Waals surface area contributed by atoms with Crippen LogP contribution in [0.2, 0.25) is 0 Å². The molecule has 2 aromatic heterocycles. The molecule has 1 aromatic carbocycles. The Morgan fingerprint density at radius 3 is 2.97 bits per heavy atom. The third-order valence-corrected chi connectivity index (χ3v) is 6.73. The van der Waals surface area contributed by atoms with Gasteiger partial charge in [0, 0.05) is 18.2 Å². The fraction of sp³-hybridized carbons (Fsp3) is 0.409. The Hall–Kier alpha value is -2.71. The minimum atomic E-state index is -0.0414. The van der Waals surface area contributed by atoms with Gasteiger partial charge >= 0.3 is 0 Å². The smallest absolute Gasteiger partial charge is 0.190 e. The third-order valence-electron chi connectivity index (χ3n) is 5.57. The highest BCUT2D eigenvalue weighted by Gasteiger charge is 2.35. The normalized spacial score (nSPS) is 17.4. The number of aliphatic hydroxyl groups is 1. The van der Waals surface area contributed by atoms with E-state index in [-0.39, 0.29) is 17.8 Å². The van der Waals surface area contributed by atoms with Crippen LogP contribution in [0, 0.1) is 5.41 Å². The Morgan fingerprint density at radius 2 is 2.13 bits per heavy atom. The van der Waals surface area contributed by atoms with Crippen LogP contribution in [0.4, 0.5) is 10.8 Å². The summed E-state index contributed by atoms with van der Waals surface area (Å²) in [5.41, 5.74) is 3.83. The maximum Gasteiger partial charge on any atom is 0.190 e. The third kappa shape index (κ3) is 3.40. The number of aromatic nitrogens is 3. The van der Waals surface area contributed by atoms with Crippen LogP contribution in [0.25, 0.3) is 11.1 Å². The number of carbonyl (C=O) groups excluding carboxylic acids is 1. The molecule has 0 bridgehead atoms. The Bertz CT molecular complexity index is 1120. The molecule has 7 nitrogen and oxygen atoms in total. The molecule has 156 valence electrons. The van der Waals surface area contributed by atoms with E-state index in [0.29, 0.717) is 26.1 Å². The highest BCUT2D eigenvalue weighted by atomic mass is 32.1. The van der Waals surface area contributed by atoms with E-state index in [1.54, 1.807) is 10.9 Å². The maximum atomic E-state index is 12.6. The van der Waals surface area contributed by atoms with Gasteiger partial charge in [-0.15, -0.1) is 0 Å². The van der Waals surface area contributed by atoms with Gasteiger partial charge in [-0.1, -0.05) is 31.3 Å². The van der Waals surface area contributed by atoms with E-state index in [4.69, 9.17) is 14.8 Å². The van der Waals surface area contributed by atoms with E-state index >= 15 is 0 Å². The molecule has 1 aliphatic heterocycles. The average molecular weight is 425 g/mol. The first kappa shape index (κ1) is 19.3. The van der Waals surface area contributed by atoms with Crippen LogP contribution in [0.5, 0.6) is 5.75 Å². The lowest BCUT2D eigenvalue weighted by Crippen LogP contribution is -2.28. The summed E-state index contributed by atoms with van der Waals surface area (Å²) in [5, 5.41) is 14.3. The molecule has 0 radical (unpaired) electrons. The van der Waals surface area contributed by atoms with Crippen molar-refractivity contribution in [2.45, 2.75) is 33.2 Å². The summed E-state index contributed by atoms with van der Waals surface area (Å²) in [6.45, 7) is 6.03. The van der Waals surface area contributed by atoms with Crippen molar-refractivity contribution in [2.75, 3.05) is 24.7 Å². The number of benzene rings is 1. The van der Waals surface area contributed by atoms with Gasteiger partial charge in [-0.2, -0.15) is 5.10 Å². The quantitative estimate of drug-likeness (QED) is 0.688. The van der Waals surface area contributed by atoms with Gasteiger partial charge in [-0.25, -0.2) is 4.98 Å². The molecule has 0 unspecified atom stereocenters.